The minimum Gasteiger partial charge on any atom is -0.493 e. The van der Waals surface area contributed by atoms with E-state index in [1.54, 1.807) is 21.3 Å². The van der Waals surface area contributed by atoms with Gasteiger partial charge >= 0.3 is 0 Å². The fourth-order valence-electron chi connectivity index (χ4n) is 4.12. The van der Waals surface area contributed by atoms with Gasteiger partial charge in [-0.1, -0.05) is 46.3 Å². The molecule has 1 atom stereocenters. The van der Waals surface area contributed by atoms with Crippen LogP contribution in [-0.2, 0) is 4.79 Å². The molecule has 1 aliphatic rings. The quantitative estimate of drug-likeness (QED) is 0.276. The second-order valence-electron chi connectivity index (χ2n) is 7.56. The predicted molar refractivity (Wildman–Crippen MR) is 134 cm³/mol. The predicted octanol–water partition coefficient (Wildman–Crippen LogP) is 3.95. The summed E-state index contributed by atoms with van der Waals surface area (Å²) in [6.45, 7) is -0.0164. The molecule has 0 unspecified atom stereocenters. The molecule has 0 aromatic heterocycles. The number of amidine groups is 1. The highest BCUT2D eigenvalue weighted by Crippen LogP contribution is 2.44. The molecule has 0 saturated carbocycles. The van der Waals surface area contributed by atoms with Crippen LogP contribution in [0.25, 0.3) is 0 Å². The molecule has 3 N–H and O–H groups in total. The number of amides is 1. The zero-order chi connectivity index (χ0) is 24.2. The monoisotopic (exact) mass is 524 g/mol. The van der Waals surface area contributed by atoms with Crippen LogP contribution in [-0.4, -0.2) is 44.5 Å². The van der Waals surface area contributed by atoms with Crippen LogP contribution in [0.1, 0.15) is 22.7 Å². The smallest absolute Gasteiger partial charge is 0.253 e. The number of aliphatic imine (C=N–C) groups is 1. The van der Waals surface area contributed by atoms with E-state index in [2.05, 4.69) is 21.4 Å². The third kappa shape index (κ3) is 4.44. The van der Waals surface area contributed by atoms with Crippen molar-refractivity contribution < 1.29 is 19.0 Å². The number of hydrogen-bond donors (Lipinski definition) is 2. The molecule has 176 valence electrons. The topological polar surface area (TPSA) is 98.4 Å². The van der Waals surface area contributed by atoms with Crippen molar-refractivity contribution in [3.8, 4) is 17.2 Å². The number of hydrazine groups is 1. The average Bonchev–Trinajstić information content (AvgIpc) is 2.87. The summed E-state index contributed by atoms with van der Waals surface area (Å²) in [5, 5.41) is 0. The highest BCUT2D eigenvalue weighted by molar-refractivity contribution is 9.10. The maximum Gasteiger partial charge on any atom is 0.253 e. The van der Waals surface area contributed by atoms with Crippen molar-refractivity contribution in [3.63, 3.8) is 0 Å². The number of nitrogens with one attached hydrogen (secondary N) is 1. The Bertz CT molecular complexity index is 1210. The number of carbonyl (C=O) groups is 1. The summed E-state index contributed by atoms with van der Waals surface area (Å²) in [7, 11) is 4.67. The first kappa shape index (κ1) is 23.6. The van der Waals surface area contributed by atoms with Gasteiger partial charge in [-0.05, 0) is 35.9 Å². The number of nitrogens with two attached hydrogens (primary N) is 1. The summed E-state index contributed by atoms with van der Waals surface area (Å²) in [6, 6.07) is 19.2. The number of halogens is 1. The van der Waals surface area contributed by atoms with Crippen LogP contribution in [0, 0.1) is 0 Å². The Kier molecular flexibility index (Phi) is 7.04. The normalized spacial score (nSPS) is 14.7. The second kappa shape index (κ2) is 10.1. The molecule has 0 spiro atoms. The van der Waals surface area contributed by atoms with E-state index in [1.165, 1.54) is 0 Å². The van der Waals surface area contributed by atoms with Crippen molar-refractivity contribution in [2.24, 2.45) is 10.8 Å². The lowest BCUT2D eigenvalue weighted by molar-refractivity contribution is -0.121. The molecule has 0 fully saturated rings. The van der Waals surface area contributed by atoms with Gasteiger partial charge in [0.25, 0.3) is 5.91 Å². The number of rotatable bonds is 7. The van der Waals surface area contributed by atoms with Crippen LogP contribution in [0.3, 0.4) is 0 Å². The maximum absolute atomic E-state index is 12.5. The number of nitrogens with zero attached hydrogens (tertiary/aromatic N) is 2. The summed E-state index contributed by atoms with van der Waals surface area (Å²) in [6.07, 6.45) is 0. The first-order valence-electron chi connectivity index (χ1n) is 10.5. The van der Waals surface area contributed by atoms with Crippen molar-refractivity contribution in [3.05, 3.63) is 81.8 Å². The van der Waals surface area contributed by atoms with Crippen LogP contribution in [0.5, 0.6) is 17.2 Å². The molecule has 0 radical (unpaired) electrons. The maximum atomic E-state index is 12.5. The Labute approximate surface area is 206 Å². The Morgan fingerprint density at radius 2 is 1.71 bits per heavy atom. The van der Waals surface area contributed by atoms with Gasteiger partial charge in [0.05, 0.1) is 33.1 Å². The fraction of sp³-hybridized carbons (Fsp3) is 0.200. The lowest BCUT2D eigenvalue weighted by atomic mass is 9.92. The van der Waals surface area contributed by atoms with Gasteiger partial charge in [0.1, 0.15) is 12.4 Å². The molecule has 9 heteroatoms. The van der Waals surface area contributed by atoms with Gasteiger partial charge in [-0.3, -0.25) is 10.2 Å². The summed E-state index contributed by atoms with van der Waals surface area (Å²) in [4.78, 5) is 19.4. The first-order valence-corrected chi connectivity index (χ1v) is 11.3. The van der Waals surface area contributed by atoms with Crippen LogP contribution < -0.4 is 25.5 Å². The number of methoxy groups -OCH3 is 3. The minimum absolute atomic E-state index is 0.0164. The van der Waals surface area contributed by atoms with E-state index in [4.69, 9.17) is 25.0 Å². The molecule has 1 heterocycles. The SMILES string of the molecule is COc1cc(C2=Nc3ccc(Br)cc3[C@@H](c3ccccc3)N2CC(=O)NN)cc(OC)c1OC. The zero-order valence-corrected chi connectivity index (χ0v) is 20.6. The minimum atomic E-state index is -0.348. The van der Waals surface area contributed by atoms with Crippen molar-refractivity contribution in [1.29, 1.82) is 0 Å². The standard InChI is InChI=1S/C25H25BrN4O4/c1-32-20-11-16(12-21(33-2)24(20)34-3)25-28-19-10-9-17(26)13-18(19)23(15-7-5-4-6-8-15)30(25)14-22(31)29-27/h4-13,23H,14,27H2,1-3H3,(H,29,31)/t23-/m1/s1. The van der Waals surface area contributed by atoms with E-state index in [0.717, 1.165) is 21.3 Å². The number of carbonyl (C=O) groups excluding carboxylic acids is 1. The first-order chi connectivity index (χ1) is 16.5. The lowest BCUT2D eigenvalue weighted by Crippen LogP contribution is -2.46. The van der Waals surface area contributed by atoms with Gasteiger partial charge in [-0.25, -0.2) is 10.8 Å². The van der Waals surface area contributed by atoms with E-state index in [1.807, 2.05) is 65.6 Å². The number of fused-ring (bicyclic) bond motifs is 1. The van der Waals surface area contributed by atoms with E-state index in [0.29, 0.717) is 28.6 Å². The van der Waals surface area contributed by atoms with Crippen molar-refractivity contribution in [2.75, 3.05) is 27.9 Å². The van der Waals surface area contributed by atoms with Crippen LogP contribution in [0.4, 0.5) is 5.69 Å². The summed E-state index contributed by atoms with van der Waals surface area (Å²) < 4.78 is 17.5. The van der Waals surface area contributed by atoms with Crippen LogP contribution >= 0.6 is 15.9 Å². The van der Waals surface area contributed by atoms with Gasteiger partial charge in [0, 0.05) is 15.6 Å². The third-order valence-corrected chi connectivity index (χ3v) is 6.10. The molecule has 0 bridgehead atoms. The van der Waals surface area contributed by atoms with Gasteiger partial charge in [0.2, 0.25) is 5.75 Å². The summed E-state index contributed by atoms with van der Waals surface area (Å²) >= 11 is 3.58. The molecule has 3 aromatic rings. The van der Waals surface area contributed by atoms with Crippen LogP contribution in [0.2, 0.25) is 0 Å². The Morgan fingerprint density at radius 1 is 1.03 bits per heavy atom. The lowest BCUT2D eigenvalue weighted by Gasteiger charge is -2.38. The zero-order valence-electron chi connectivity index (χ0n) is 19.0. The molecule has 0 aliphatic carbocycles. The molecule has 1 amide bonds. The molecule has 4 rings (SSSR count). The molecule has 8 nitrogen and oxygen atoms in total. The molecular weight excluding hydrogens is 500 g/mol. The number of benzene rings is 3. The van der Waals surface area contributed by atoms with E-state index >= 15 is 0 Å². The van der Waals surface area contributed by atoms with Crippen molar-refractivity contribution in [1.82, 2.24) is 10.3 Å². The van der Waals surface area contributed by atoms with Gasteiger partial charge < -0.3 is 19.1 Å². The summed E-state index contributed by atoms with van der Waals surface area (Å²) in [5.41, 5.74) is 5.71. The Balaban J connectivity index is 1.98. The molecular formula is C25H25BrN4O4. The fourth-order valence-corrected chi connectivity index (χ4v) is 4.50. The Hall–Kier alpha value is -3.56. The highest BCUT2D eigenvalue weighted by Gasteiger charge is 2.34. The highest BCUT2D eigenvalue weighted by atomic mass is 79.9. The Morgan fingerprint density at radius 3 is 2.29 bits per heavy atom. The number of ether oxygens (including phenoxy) is 3. The molecule has 34 heavy (non-hydrogen) atoms. The second-order valence-corrected chi connectivity index (χ2v) is 8.48. The van der Waals surface area contributed by atoms with E-state index in [-0.39, 0.29) is 18.5 Å². The third-order valence-electron chi connectivity index (χ3n) is 5.61. The number of hydrogen-bond acceptors (Lipinski definition) is 7. The van der Waals surface area contributed by atoms with E-state index in [9.17, 15) is 4.79 Å². The van der Waals surface area contributed by atoms with Crippen molar-refractivity contribution >= 4 is 33.4 Å². The van der Waals surface area contributed by atoms with Gasteiger partial charge in [0.15, 0.2) is 11.5 Å². The molecule has 0 saturated heterocycles. The van der Waals surface area contributed by atoms with Crippen LogP contribution in [0.15, 0.2) is 70.1 Å². The largest absolute Gasteiger partial charge is 0.493 e. The van der Waals surface area contributed by atoms with Crippen molar-refractivity contribution in [2.45, 2.75) is 6.04 Å². The molecule has 3 aromatic carbocycles. The van der Waals surface area contributed by atoms with E-state index < -0.39 is 0 Å². The average molecular weight is 525 g/mol. The summed E-state index contributed by atoms with van der Waals surface area (Å²) in [5.74, 6) is 7.15. The molecule has 1 aliphatic heterocycles. The van der Waals surface area contributed by atoms with Gasteiger partial charge in [-0.15, -0.1) is 0 Å². The van der Waals surface area contributed by atoms with Gasteiger partial charge in [-0.2, -0.15) is 0 Å².